The fraction of sp³-hybridized carbons (Fsp3) is 0.391. The van der Waals surface area contributed by atoms with Crippen molar-refractivity contribution in [3.63, 3.8) is 0 Å². The molecule has 0 aliphatic rings. The van der Waals surface area contributed by atoms with Crippen molar-refractivity contribution >= 4 is 11.4 Å². The summed E-state index contributed by atoms with van der Waals surface area (Å²) in [6.45, 7) is 4.81. The number of benzene rings is 1. The van der Waals surface area contributed by atoms with Crippen molar-refractivity contribution in [3.8, 4) is 5.75 Å². The average molecular weight is 451 g/mol. The number of ketones is 1. The van der Waals surface area contributed by atoms with Crippen LogP contribution >= 0.6 is 0 Å². The number of hydrogen-bond acceptors (Lipinski definition) is 4. The van der Waals surface area contributed by atoms with E-state index in [1.165, 1.54) is 10.5 Å². The molecule has 0 saturated heterocycles. The zero-order chi connectivity index (χ0) is 23.6. The quantitative estimate of drug-likeness (QED) is 0.343. The molecule has 0 fully saturated rings. The van der Waals surface area contributed by atoms with Gasteiger partial charge in [-0.3, -0.25) is 9.20 Å². The third kappa shape index (κ3) is 4.93. The number of carbonyl (C=O) groups is 1. The molecule has 0 aliphatic carbocycles. The maximum atomic E-state index is 13.9. The number of rotatable bonds is 9. The summed E-state index contributed by atoms with van der Waals surface area (Å²) < 4.78 is 61.7. The normalized spacial score (nSPS) is 13.5. The minimum atomic E-state index is -2.86. The molecule has 1 unspecified atom stereocenters. The second-order valence-electron chi connectivity index (χ2n) is 8.10. The van der Waals surface area contributed by atoms with Crippen LogP contribution in [0.3, 0.4) is 0 Å². The monoisotopic (exact) mass is 451 g/mol. The highest BCUT2D eigenvalue weighted by Crippen LogP contribution is 2.31. The summed E-state index contributed by atoms with van der Waals surface area (Å²) in [5.41, 5.74) is 5.43. The van der Waals surface area contributed by atoms with Gasteiger partial charge in [0.05, 0.1) is 11.3 Å². The summed E-state index contributed by atoms with van der Waals surface area (Å²) >= 11 is 0. The first-order chi connectivity index (χ1) is 15.0. The summed E-state index contributed by atoms with van der Waals surface area (Å²) in [4.78, 5) is 17.2. The van der Waals surface area contributed by atoms with Gasteiger partial charge in [-0.15, -0.1) is 0 Å². The van der Waals surface area contributed by atoms with Gasteiger partial charge in [0.25, 0.3) is 6.43 Å². The average Bonchev–Trinajstić information content (AvgIpc) is 3.07. The maximum absolute atomic E-state index is 13.9. The van der Waals surface area contributed by atoms with Gasteiger partial charge < -0.3 is 10.5 Å². The molecule has 0 radical (unpaired) electrons. The lowest BCUT2D eigenvalue weighted by Crippen LogP contribution is -2.35. The van der Waals surface area contributed by atoms with Crippen LogP contribution in [0.2, 0.25) is 0 Å². The molecule has 3 aromatic rings. The van der Waals surface area contributed by atoms with Crippen LogP contribution in [0.25, 0.3) is 5.65 Å². The SMILES string of the molecule is CCC(C)(N)CCC(=O)c1c(C)nc2c(OCc3c(F)cccc3F)cc(C(F)F)cn12. The zero-order valence-electron chi connectivity index (χ0n) is 18.1. The number of ether oxygens (including phenoxy) is 1. The number of fused-ring (bicyclic) bond motifs is 1. The van der Waals surface area contributed by atoms with Crippen molar-refractivity contribution in [1.29, 1.82) is 0 Å². The molecular formula is C23H25F4N3O2. The van der Waals surface area contributed by atoms with E-state index in [0.29, 0.717) is 18.5 Å². The predicted molar refractivity (Wildman–Crippen MR) is 112 cm³/mol. The third-order valence-corrected chi connectivity index (χ3v) is 5.56. The number of alkyl halides is 2. The van der Waals surface area contributed by atoms with E-state index in [1.54, 1.807) is 6.92 Å². The van der Waals surface area contributed by atoms with Crippen molar-refractivity contribution in [3.05, 3.63) is 64.6 Å². The van der Waals surface area contributed by atoms with Crippen molar-refractivity contribution in [2.24, 2.45) is 5.73 Å². The molecule has 0 aliphatic heterocycles. The van der Waals surface area contributed by atoms with Crippen LogP contribution in [-0.4, -0.2) is 20.7 Å². The first-order valence-corrected chi connectivity index (χ1v) is 10.2. The number of hydrogen-bond donors (Lipinski definition) is 1. The molecule has 3 rings (SSSR count). The molecule has 9 heteroatoms. The number of imidazole rings is 1. The van der Waals surface area contributed by atoms with Gasteiger partial charge in [0.15, 0.2) is 17.2 Å². The maximum Gasteiger partial charge on any atom is 0.265 e. The molecule has 0 saturated carbocycles. The van der Waals surface area contributed by atoms with E-state index < -0.39 is 35.8 Å². The Bertz CT molecular complexity index is 1120. The number of pyridine rings is 1. The second-order valence-corrected chi connectivity index (χ2v) is 8.10. The molecule has 2 aromatic heterocycles. The molecule has 0 amide bonds. The van der Waals surface area contributed by atoms with Gasteiger partial charge in [0.2, 0.25) is 0 Å². The van der Waals surface area contributed by atoms with Gasteiger partial charge in [0, 0.05) is 23.7 Å². The molecule has 0 spiro atoms. The largest absolute Gasteiger partial charge is 0.485 e. The summed E-state index contributed by atoms with van der Waals surface area (Å²) in [7, 11) is 0. The molecule has 32 heavy (non-hydrogen) atoms. The van der Waals surface area contributed by atoms with E-state index in [9.17, 15) is 22.4 Å². The Hall–Kier alpha value is -2.94. The van der Waals surface area contributed by atoms with Gasteiger partial charge in [-0.25, -0.2) is 22.5 Å². The summed E-state index contributed by atoms with van der Waals surface area (Å²) in [5.74, 6) is -2.04. The standard InChI is InChI=1S/C23H25F4N3O2/c1-4-23(3,28)9-8-18(31)20-13(2)29-22-19(10-14(21(26)27)11-30(20)22)32-12-15-16(24)6-5-7-17(15)25/h5-7,10-11,21H,4,8-9,12,28H2,1-3H3. The number of carbonyl (C=O) groups excluding carboxylic acids is 1. The fourth-order valence-corrected chi connectivity index (χ4v) is 3.32. The van der Waals surface area contributed by atoms with E-state index in [1.807, 2.05) is 13.8 Å². The Morgan fingerprint density at radius 2 is 1.94 bits per heavy atom. The number of nitrogens with zero attached hydrogens (tertiary/aromatic N) is 2. The first-order valence-electron chi connectivity index (χ1n) is 10.2. The lowest BCUT2D eigenvalue weighted by molar-refractivity contribution is 0.0964. The summed E-state index contributed by atoms with van der Waals surface area (Å²) in [6, 6.07) is 4.42. The van der Waals surface area contributed by atoms with Crippen LogP contribution in [-0.2, 0) is 6.61 Å². The molecule has 0 bridgehead atoms. The van der Waals surface area contributed by atoms with E-state index >= 15 is 0 Å². The van der Waals surface area contributed by atoms with Gasteiger partial charge in [0.1, 0.15) is 23.9 Å². The fourth-order valence-electron chi connectivity index (χ4n) is 3.32. The van der Waals surface area contributed by atoms with Gasteiger partial charge in [-0.1, -0.05) is 13.0 Å². The highest BCUT2D eigenvalue weighted by molar-refractivity contribution is 5.96. The van der Waals surface area contributed by atoms with Crippen molar-refractivity contribution in [2.75, 3.05) is 0 Å². The molecule has 2 N–H and O–H groups in total. The number of nitrogens with two attached hydrogens (primary N) is 1. The van der Waals surface area contributed by atoms with Crippen molar-refractivity contribution in [1.82, 2.24) is 9.38 Å². The molecule has 1 aromatic carbocycles. The van der Waals surface area contributed by atoms with Crippen LogP contribution in [0, 0.1) is 18.6 Å². The van der Waals surface area contributed by atoms with Gasteiger partial charge in [-0.05, 0) is 44.9 Å². The minimum Gasteiger partial charge on any atom is -0.485 e. The van der Waals surface area contributed by atoms with Crippen LogP contribution in [0.4, 0.5) is 17.6 Å². The molecule has 2 heterocycles. The highest BCUT2D eigenvalue weighted by Gasteiger charge is 2.24. The lowest BCUT2D eigenvalue weighted by Gasteiger charge is -2.21. The summed E-state index contributed by atoms with van der Waals surface area (Å²) in [6.07, 6.45) is -0.521. The zero-order valence-corrected chi connectivity index (χ0v) is 18.1. The number of aromatic nitrogens is 2. The number of halogens is 4. The Balaban J connectivity index is 2.01. The Labute approximate surface area is 183 Å². The molecule has 172 valence electrons. The smallest absolute Gasteiger partial charge is 0.265 e. The third-order valence-electron chi connectivity index (χ3n) is 5.56. The lowest BCUT2D eigenvalue weighted by atomic mass is 9.92. The van der Waals surface area contributed by atoms with Crippen LogP contribution < -0.4 is 10.5 Å². The van der Waals surface area contributed by atoms with E-state index in [4.69, 9.17) is 10.5 Å². The van der Waals surface area contributed by atoms with Crippen molar-refractivity contribution in [2.45, 2.75) is 58.6 Å². The van der Waals surface area contributed by atoms with Crippen LogP contribution in [0.5, 0.6) is 5.75 Å². The topological polar surface area (TPSA) is 69.6 Å². The van der Waals surface area contributed by atoms with E-state index in [2.05, 4.69) is 4.98 Å². The van der Waals surface area contributed by atoms with Gasteiger partial charge >= 0.3 is 0 Å². The first kappa shape index (κ1) is 23.7. The minimum absolute atomic E-state index is 0.107. The second kappa shape index (κ2) is 9.28. The van der Waals surface area contributed by atoms with E-state index in [0.717, 1.165) is 24.4 Å². The van der Waals surface area contributed by atoms with Crippen LogP contribution in [0.15, 0.2) is 30.5 Å². The predicted octanol–water partition coefficient (Wildman–Crippen LogP) is 5.53. The molecule has 1 atom stereocenters. The van der Waals surface area contributed by atoms with E-state index in [-0.39, 0.29) is 34.9 Å². The highest BCUT2D eigenvalue weighted by atomic mass is 19.3. The summed E-state index contributed by atoms with van der Waals surface area (Å²) in [5, 5.41) is 0. The van der Waals surface area contributed by atoms with Crippen molar-refractivity contribution < 1.29 is 27.1 Å². The molecule has 5 nitrogen and oxygen atoms in total. The number of Topliss-reactive ketones (excluding diaryl/α,β-unsaturated/α-hetero) is 1. The Morgan fingerprint density at radius 1 is 1.28 bits per heavy atom. The molecular weight excluding hydrogens is 426 g/mol. The Morgan fingerprint density at radius 3 is 2.53 bits per heavy atom. The van der Waals surface area contributed by atoms with Crippen LogP contribution in [0.1, 0.15) is 66.8 Å². The Kier molecular flexibility index (Phi) is 6.88. The van der Waals surface area contributed by atoms with Gasteiger partial charge in [-0.2, -0.15) is 0 Å². The number of aryl methyl sites for hydroxylation is 1.